The molecule has 0 radical (unpaired) electrons. The maximum absolute atomic E-state index is 11.6. The zero-order valence-corrected chi connectivity index (χ0v) is 11.8. The van der Waals surface area contributed by atoms with Gasteiger partial charge in [0.25, 0.3) is 0 Å². The minimum absolute atomic E-state index is 0.0369. The van der Waals surface area contributed by atoms with E-state index in [1.54, 1.807) is 25.1 Å². The summed E-state index contributed by atoms with van der Waals surface area (Å²) in [6, 6.07) is 11.0. The van der Waals surface area contributed by atoms with Crippen LogP contribution in [0.4, 0.5) is 5.69 Å². The van der Waals surface area contributed by atoms with Gasteiger partial charge in [0.15, 0.2) is 5.58 Å². The molecule has 2 aromatic carbocycles. The van der Waals surface area contributed by atoms with Gasteiger partial charge in [-0.1, -0.05) is 6.07 Å². The average Bonchev–Trinajstić information content (AvgIpc) is 2.46. The highest BCUT2D eigenvalue weighted by atomic mass is 16.4. The lowest BCUT2D eigenvalue weighted by Crippen LogP contribution is -2.00. The molecule has 110 valence electrons. The van der Waals surface area contributed by atoms with Gasteiger partial charge < -0.3 is 14.6 Å². The van der Waals surface area contributed by atoms with Crippen LogP contribution in [0, 0.1) is 6.92 Å². The number of aliphatic imine (C=N–C) groups is 1. The van der Waals surface area contributed by atoms with Crippen LogP contribution in [0.15, 0.2) is 56.7 Å². The molecule has 0 unspecified atom stereocenters. The third-order valence-electron chi connectivity index (χ3n) is 3.31. The van der Waals surface area contributed by atoms with Gasteiger partial charge in [0, 0.05) is 23.7 Å². The van der Waals surface area contributed by atoms with E-state index in [9.17, 15) is 15.0 Å². The summed E-state index contributed by atoms with van der Waals surface area (Å²) in [7, 11) is 0. The van der Waals surface area contributed by atoms with Crippen molar-refractivity contribution in [3.63, 3.8) is 0 Å². The molecule has 0 aliphatic carbocycles. The SMILES string of the molecule is Cc1cc(=O)oc2c(C=Nc3cccc(O)c3)c(O)ccc12. The van der Waals surface area contributed by atoms with Gasteiger partial charge in [0.05, 0.1) is 11.3 Å². The number of nitrogens with zero attached hydrogens (tertiary/aromatic N) is 1. The first-order valence-electron chi connectivity index (χ1n) is 6.64. The molecule has 0 amide bonds. The number of rotatable bonds is 2. The third-order valence-corrected chi connectivity index (χ3v) is 3.31. The van der Waals surface area contributed by atoms with Gasteiger partial charge in [-0.15, -0.1) is 0 Å². The Bertz CT molecular complexity index is 941. The van der Waals surface area contributed by atoms with Crippen molar-refractivity contribution in [3.8, 4) is 11.5 Å². The third kappa shape index (κ3) is 2.56. The van der Waals surface area contributed by atoms with Gasteiger partial charge in [-0.25, -0.2) is 4.79 Å². The van der Waals surface area contributed by atoms with Crippen molar-refractivity contribution < 1.29 is 14.6 Å². The van der Waals surface area contributed by atoms with Gasteiger partial charge in [0.1, 0.15) is 11.5 Å². The first kappa shape index (κ1) is 13.9. The lowest BCUT2D eigenvalue weighted by atomic mass is 10.1. The Balaban J connectivity index is 2.18. The molecule has 22 heavy (non-hydrogen) atoms. The highest BCUT2D eigenvalue weighted by molar-refractivity contribution is 6.00. The molecular formula is C17H13NO4. The van der Waals surface area contributed by atoms with Crippen LogP contribution < -0.4 is 5.63 Å². The number of aryl methyl sites for hydroxylation is 1. The van der Waals surface area contributed by atoms with E-state index in [0.29, 0.717) is 11.3 Å². The van der Waals surface area contributed by atoms with E-state index in [0.717, 1.165) is 10.9 Å². The number of hydrogen-bond acceptors (Lipinski definition) is 5. The summed E-state index contributed by atoms with van der Waals surface area (Å²) in [6.45, 7) is 1.80. The van der Waals surface area contributed by atoms with E-state index in [1.807, 2.05) is 0 Å². The van der Waals surface area contributed by atoms with Crippen LogP contribution in [0.25, 0.3) is 11.0 Å². The van der Waals surface area contributed by atoms with E-state index in [1.165, 1.54) is 30.5 Å². The van der Waals surface area contributed by atoms with Crippen molar-refractivity contribution in [1.82, 2.24) is 0 Å². The van der Waals surface area contributed by atoms with E-state index in [2.05, 4.69) is 4.99 Å². The van der Waals surface area contributed by atoms with Crippen molar-refractivity contribution in [2.75, 3.05) is 0 Å². The smallest absolute Gasteiger partial charge is 0.336 e. The summed E-state index contributed by atoms with van der Waals surface area (Å²) < 4.78 is 5.21. The minimum atomic E-state index is -0.484. The van der Waals surface area contributed by atoms with Gasteiger partial charge in [-0.2, -0.15) is 0 Å². The summed E-state index contributed by atoms with van der Waals surface area (Å²) in [6.07, 6.45) is 1.41. The second-order valence-corrected chi connectivity index (χ2v) is 4.90. The van der Waals surface area contributed by atoms with Gasteiger partial charge in [0.2, 0.25) is 0 Å². The first-order chi connectivity index (χ1) is 10.5. The molecule has 5 heteroatoms. The maximum Gasteiger partial charge on any atom is 0.336 e. The molecule has 1 heterocycles. The number of fused-ring (bicyclic) bond motifs is 1. The number of phenolic OH excluding ortho intramolecular Hbond substituents is 2. The predicted octanol–water partition coefficient (Wildman–Crippen LogP) is 3.26. The Morgan fingerprint density at radius 1 is 1.14 bits per heavy atom. The minimum Gasteiger partial charge on any atom is -0.508 e. The average molecular weight is 295 g/mol. The van der Waals surface area contributed by atoms with Crippen LogP contribution in [0.2, 0.25) is 0 Å². The van der Waals surface area contributed by atoms with Crippen LogP contribution in [0.1, 0.15) is 11.1 Å². The molecule has 0 fully saturated rings. The highest BCUT2D eigenvalue weighted by Crippen LogP contribution is 2.27. The van der Waals surface area contributed by atoms with Crippen molar-refractivity contribution in [3.05, 3.63) is 64.0 Å². The predicted molar refractivity (Wildman–Crippen MR) is 84.2 cm³/mol. The fraction of sp³-hybridized carbons (Fsp3) is 0.0588. The molecule has 1 aromatic heterocycles. The maximum atomic E-state index is 11.6. The van der Waals surface area contributed by atoms with Crippen molar-refractivity contribution in [2.45, 2.75) is 6.92 Å². The van der Waals surface area contributed by atoms with Crippen LogP contribution in [0.5, 0.6) is 11.5 Å². The van der Waals surface area contributed by atoms with Crippen LogP contribution >= 0.6 is 0 Å². The van der Waals surface area contributed by atoms with Crippen LogP contribution in [-0.2, 0) is 0 Å². The Hall–Kier alpha value is -3.08. The lowest BCUT2D eigenvalue weighted by molar-refractivity contribution is 0.472. The van der Waals surface area contributed by atoms with Crippen molar-refractivity contribution >= 4 is 22.9 Å². The fourth-order valence-corrected chi connectivity index (χ4v) is 2.23. The molecule has 0 saturated heterocycles. The van der Waals surface area contributed by atoms with Crippen LogP contribution in [0.3, 0.4) is 0 Å². The molecule has 3 aromatic rings. The molecule has 0 aliphatic rings. The molecule has 0 spiro atoms. The zero-order chi connectivity index (χ0) is 15.7. The van der Waals surface area contributed by atoms with Gasteiger partial charge in [-0.05, 0) is 36.8 Å². The Morgan fingerprint density at radius 3 is 2.73 bits per heavy atom. The van der Waals surface area contributed by atoms with E-state index >= 15 is 0 Å². The molecule has 0 aliphatic heterocycles. The number of hydrogen-bond donors (Lipinski definition) is 2. The summed E-state index contributed by atoms with van der Waals surface area (Å²) in [5.41, 5.74) is 1.41. The molecule has 0 atom stereocenters. The van der Waals surface area contributed by atoms with E-state index in [4.69, 9.17) is 4.42 Å². The summed E-state index contributed by atoms with van der Waals surface area (Å²) in [5, 5.41) is 20.2. The Labute approximate surface area is 125 Å². The largest absolute Gasteiger partial charge is 0.508 e. The summed E-state index contributed by atoms with van der Waals surface area (Å²) in [4.78, 5) is 15.8. The van der Waals surface area contributed by atoms with E-state index in [-0.39, 0.29) is 17.1 Å². The van der Waals surface area contributed by atoms with Crippen LogP contribution in [-0.4, -0.2) is 16.4 Å². The molecule has 3 rings (SSSR count). The van der Waals surface area contributed by atoms with E-state index < -0.39 is 5.63 Å². The van der Waals surface area contributed by atoms with Crippen molar-refractivity contribution in [2.24, 2.45) is 4.99 Å². The first-order valence-corrected chi connectivity index (χ1v) is 6.64. The second kappa shape index (κ2) is 5.37. The Morgan fingerprint density at radius 2 is 1.95 bits per heavy atom. The molecule has 2 N–H and O–H groups in total. The normalized spacial score (nSPS) is 11.3. The summed E-state index contributed by atoms with van der Waals surface area (Å²) >= 11 is 0. The number of phenols is 2. The lowest BCUT2D eigenvalue weighted by Gasteiger charge is -2.05. The molecular weight excluding hydrogens is 282 g/mol. The Kier molecular flexibility index (Phi) is 3.39. The molecule has 0 bridgehead atoms. The highest BCUT2D eigenvalue weighted by Gasteiger charge is 2.10. The number of benzene rings is 2. The fourth-order valence-electron chi connectivity index (χ4n) is 2.23. The topological polar surface area (TPSA) is 83.0 Å². The quantitative estimate of drug-likeness (QED) is 0.561. The monoisotopic (exact) mass is 295 g/mol. The zero-order valence-electron chi connectivity index (χ0n) is 11.8. The van der Waals surface area contributed by atoms with Crippen molar-refractivity contribution in [1.29, 1.82) is 0 Å². The standard InChI is InChI=1S/C17H13NO4/c1-10-7-16(21)22-17-13(10)5-6-15(20)14(17)9-18-11-3-2-4-12(19)8-11/h2-9,19-20H,1H3. The number of aromatic hydroxyl groups is 2. The van der Waals surface area contributed by atoms with Gasteiger partial charge in [-0.3, -0.25) is 4.99 Å². The molecule has 0 saturated carbocycles. The van der Waals surface area contributed by atoms with Gasteiger partial charge >= 0.3 is 5.63 Å². The second-order valence-electron chi connectivity index (χ2n) is 4.90. The molecule has 5 nitrogen and oxygen atoms in total. The summed E-state index contributed by atoms with van der Waals surface area (Å²) in [5.74, 6) is 0.0596.